The molecule has 0 aromatic carbocycles. The van der Waals surface area contributed by atoms with Gasteiger partial charge in [0.15, 0.2) is 0 Å². The van der Waals surface area contributed by atoms with E-state index in [9.17, 15) is 4.79 Å². The molecule has 1 N–H and O–H groups in total. The summed E-state index contributed by atoms with van der Waals surface area (Å²) in [4.78, 5) is 13.5. The molecule has 4 nitrogen and oxygen atoms in total. The standard InChI is InChI=1S/C12H21N3O/c1-4-7-14-9-12(16)15(8-5-6-13)10-11(2)3/h4,11,14H,1,5,7-10H2,2-3H3. The zero-order valence-electron chi connectivity index (χ0n) is 10.2. The van der Waals surface area contributed by atoms with Crippen LogP contribution in [0.25, 0.3) is 0 Å². The molecular weight excluding hydrogens is 202 g/mol. The third kappa shape index (κ3) is 7.02. The Morgan fingerprint density at radius 3 is 2.81 bits per heavy atom. The first-order chi connectivity index (χ1) is 7.61. The van der Waals surface area contributed by atoms with Crippen molar-refractivity contribution >= 4 is 5.91 Å². The molecule has 16 heavy (non-hydrogen) atoms. The topological polar surface area (TPSA) is 56.1 Å². The van der Waals surface area contributed by atoms with Gasteiger partial charge in [-0.3, -0.25) is 4.79 Å². The largest absolute Gasteiger partial charge is 0.340 e. The molecule has 0 saturated heterocycles. The minimum absolute atomic E-state index is 0.0470. The fraction of sp³-hybridized carbons (Fsp3) is 0.667. The lowest BCUT2D eigenvalue weighted by Gasteiger charge is -2.23. The van der Waals surface area contributed by atoms with Crippen LogP contribution in [0.4, 0.5) is 0 Å². The van der Waals surface area contributed by atoms with Crippen LogP contribution in [0.5, 0.6) is 0 Å². The van der Waals surface area contributed by atoms with E-state index < -0.39 is 0 Å². The third-order valence-electron chi connectivity index (χ3n) is 2.00. The second-order valence-electron chi connectivity index (χ2n) is 4.06. The Bertz CT molecular complexity index is 255. The lowest BCUT2D eigenvalue weighted by molar-refractivity contribution is -0.130. The van der Waals surface area contributed by atoms with Crippen molar-refractivity contribution in [3.63, 3.8) is 0 Å². The van der Waals surface area contributed by atoms with E-state index in [-0.39, 0.29) is 5.91 Å². The summed E-state index contributed by atoms with van der Waals surface area (Å²) in [6.45, 7) is 9.84. The van der Waals surface area contributed by atoms with E-state index in [2.05, 4.69) is 31.8 Å². The molecule has 0 rings (SSSR count). The molecule has 0 aromatic rings. The lowest BCUT2D eigenvalue weighted by atomic mass is 10.2. The van der Waals surface area contributed by atoms with E-state index in [0.29, 0.717) is 38.5 Å². The van der Waals surface area contributed by atoms with Crippen LogP contribution in [-0.4, -0.2) is 37.0 Å². The van der Waals surface area contributed by atoms with Crippen LogP contribution in [0.3, 0.4) is 0 Å². The van der Waals surface area contributed by atoms with Gasteiger partial charge >= 0.3 is 0 Å². The van der Waals surface area contributed by atoms with Crippen molar-refractivity contribution in [2.45, 2.75) is 20.3 Å². The van der Waals surface area contributed by atoms with Gasteiger partial charge in [0.2, 0.25) is 5.91 Å². The van der Waals surface area contributed by atoms with Crippen LogP contribution in [-0.2, 0) is 4.79 Å². The molecular formula is C12H21N3O. The van der Waals surface area contributed by atoms with E-state index in [0.717, 1.165) is 0 Å². The molecule has 0 atom stereocenters. The molecule has 0 radical (unpaired) electrons. The average Bonchev–Trinajstić information content (AvgIpc) is 2.23. The third-order valence-corrected chi connectivity index (χ3v) is 2.00. The monoisotopic (exact) mass is 223 g/mol. The molecule has 0 bridgehead atoms. The number of rotatable bonds is 8. The molecule has 0 fully saturated rings. The van der Waals surface area contributed by atoms with E-state index in [1.807, 2.05) is 0 Å². The highest BCUT2D eigenvalue weighted by molar-refractivity contribution is 5.78. The first-order valence-corrected chi connectivity index (χ1v) is 5.58. The fourth-order valence-electron chi connectivity index (χ4n) is 1.34. The summed E-state index contributed by atoms with van der Waals surface area (Å²) < 4.78 is 0. The maximum Gasteiger partial charge on any atom is 0.236 e. The number of carbonyl (C=O) groups excluding carboxylic acids is 1. The van der Waals surface area contributed by atoms with Crippen LogP contribution in [0, 0.1) is 17.2 Å². The van der Waals surface area contributed by atoms with Crippen molar-refractivity contribution in [2.24, 2.45) is 5.92 Å². The fourth-order valence-corrected chi connectivity index (χ4v) is 1.34. The lowest BCUT2D eigenvalue weighted by Crippen LogP contribution is -2.40. The van der Waals surface area contributed by atoms with Crippen molar-refractivity contribution < 1.29 is 4.79 Å². The highest BCUT2D eigenvalue weighted by atomic mass is 16.2. The number of carbonyl (C=O) groups is 1. The zero-order chi connectivity index (χ0) is 12.4. The van der Waals surface area contributed by atoms with Crippen molar-refractivity contribution in [1.82, 2.24) is 10.2 Å². The van der Waals surface area contributed by atoms with Gasteiger partial charge in [0.05, 0.1) is 19.0 Å². The number of amides is 1. The Morgan fingerprint density at radius 1 is 1.62 bits per heavy atom. The highest BCUT2D eigenvalue weighted by Crippen LogP contribution is 2.00. The summed E-state index contributed by atoms with van der Waals surface area (Å²) in [6, 6.07) is 2.06. The average molecular weight is 223 g/mol. The van der Waals surface area contributed by atoms with Gasteiger partial charge in [0.25, 0.3) is 0 Å². The highest BCUT2D eigenvalue weighted by Gasteiger charge is 2.13. The maximum atomic E-state index is 11.8. The van der Waals surface area contributed by atoms with Gasteiger partial charge < -0.3 is 10.2 Å². The molecule has 0 aliphatic carbocycles. The van der Waals surface area contributed by atoms with E-state index in [1.165, 1.54) is 0 Å². The van der Waals surface area contributed by atoms with Crippen molar-refractivity contribution in [1.29, 1.82) is 5.26 Å². The van der Waals surface area contributed by atoms with E-state index in [1.54, 1.807) is 11.0 Å². The summed E-state index contributed by atoms with van der Waals surface area (Å²) >= 11 is 0. The predicted octanol–water partition coefficient (Wildman–Crippen LogP) is 1.16. The minimum atomic E-state index is 0.0470. The quantitative estimate of drug-likeness (QED) is 0.496. The van der Waals surface area contributed by atoms with Gasteiger partial charge in [-0.05, 0) is 5.92 Å². The molecule has 0 unspecified atom stereocenters. The molecule has 0 spiro atoms. The minimum Gasteiger partial charge on any atom is -0.340 e. The van der Waals surface area contributed by atoms with Crippen LogP contribution < -0.4 is 5.32 Å². The maximum absolute atomic E-state index is 11.8. The molecule has 1 amide bonds. The second kappa shape index (κ2) is 8.93. The molecule has 4 heteroatoms. The van der Waals surface area contributed by atoms with Crippen LogP contribution in [0.1, 0.15) is 20.3 Å². The summed E-state index contributed by atoms with van der Waals surface area (Å²) in [5, 5.41) is 11.5. The summed E-state index contributed by atoms with van der Waals surface area (Å²) in [5.74, 6) is 0.466. The molecule has 0 aliphatic heterocycles. The Morgan fingerprint density at radius 2 is 2.31 bits per heavy atom. The van der Waals surface area contributed by atoms with Gasteiger partial charge in [0.1, 0.15) is 0 Å². The molecule has 0 aliphatic rings. The Kier molecular flexibility index (Phi) is 8.18. The molecule has 0 aromatic heterocycles. The predicted molar refractivity (Wildman–Crippen MR) is 64.7 cm³/mol. The SMILES string of the molecule is C=CCNCC(=O)N(CCC#N)CC(C)C. The smallest absolute Gasteiger partial charge is 0.236 e. The Balaban J connectivity index is 4.09. The second-order valence-corrected chi connectivity index (χ2v) is 4.06. The van der Waals surface area contributed by atoms with Gasteiger partial charge in [-0.2, -0.15) is 5.26 Å². The Labute approximate surface area is 97.9 Å². The number of hydrogen-bond acceptors (Lipinski definition) is 3. The first-order valence-electron chi connectivity index (χ1n) is 5.58. The van der Waals surface area contributed by atoms with Crippen molar-refractivity contribution in [3.05, 3.63) is 12.7 Å². The summed E-state index contributed by atoms with van der Waals surface area (Å²) in [6.07, 6.45) is 2.11. The zero-order valence-corrected chi connectivity index (χ0v) is 10.2. The van der Waals surface area contributed by atoms with E-state index >= 15 is 0 Å². The Hall–Kier alpha value is -1.34. The molecule has 90 valence electrons. The number of hydrogen-bond donors (Lipinski definition) is 1. The van der Waals surface area contributed by atoms with Gasteiger partial charge in [-0.15, -0.1) is 6.58 Å². The summed E-state index contributed by atoms with van der Waals surface area (Å²) in [7, 11) is 0. The van der Waals surface area contributed by atoms with Crippen LogP contribution in [0.15, 0.2) is 12.7 Å². The van der Waals surface area contributed by atoms with E-state index in [4.69, 9.17) is 5.26 Å². The van der Waals surface area contributed by atoms with Crippen molar-refractivity contribution in [3.8, 4) is 6.07 Å². The van der Waals surface area contributed by atoms with Crippen LogP contribution in [0.2, 0.25) is 0 Å². The molecule has 0 saturated carbocycles. The van der Waals surface area contributed by atoms with Gasteiger partial charge in [-0.1, -0.05) is 19.9 Å². The normalized spacial score (nSPS) is 9.88. The first kappa shape index (κ1) is 14.7. The number of nitriles is 1. The van der Waals surface area contributed by atoms with Gasteiger partial charge in [-0.25, -0.2) is 0 Å². The number of nitrogens with zero attached hydrogens (tertiary/aromatic N) is 2. The molecule has 0 heterocycles. The number of nitrogens with one attached hydrogen (secondary N) is 1. The van der Waals surface area contributed by atoms with Gasteiger partial charge in [0, 0.05) is 19.6 Å². The van der Waals surface area contributed by atoms with Crippen LogP contribution >= 0.6 is 0 Å². The summed E-state index contributed by atoms with van der Waals surface area (Å²) in [5.41, 5.74) is 0. The van der Waals surface area contributed by atoms with Crippen molar-refractivity contribution in [2.75, 3.05) is 26.2 Å².